The maximum absolute atomic E-state index is 11.9. The third-order valence-electron chi connectivity index (χ3n) is 2.89. The molecule has 108 valence electrons. The molecule has 0 unspecified atom stereocenters. The van der Waals surface area contributed by atoms with Gasteiger partial charge in [-0.1, -0.05) is 11.6 Å². The topological polar surface area (TPSA) is 97.5 Å². The number of unbranched alkanes of at least 4 members (excludes halogenated alkanes) is 2. The lowest BCUT2D eigenvalue weighted by atomic mass is 10.2. The predicted octanol–water partition coefficient (Wildman–Crippen LogP) is 1.85. The summed E-state index contributed by atoms with van der Waals surface area (Å²) in [5.41, 5.74) is 1.23. The zero-order chi connectivity index (χ0) is 14.5. The molecule has 0 spiro atoms. The molecule has 0 atom stereocenters. The van der Waals surface area contributed by atoms with Gasteiger partial charge in [-0.3, -0.25) is 4.79 Å². The first kappa shape index (κ1) is 15.7. The van der Waals surface area contributed by atoms with Gasteiger partial charge in [0.1, 0.15) is 5.76 Å². The molecule has 0 radical (unpaired) electrons. The Morgan fingerprint density at radius 2 is 1.95 bits per heavy atom. The van der Waals surface area contributed by atoms with Crippen LogP contribution in [0.25, 0.3) is 0 Å². The molecule has 6 nitrogen and oxygen atoms in total. The number of nitrogens with zero attached hydrogens (tertiary/aromatic N) is 1. The van der Waals surface area contributed by atoms with Crippen molar-refractivity contribution in [2.45, 2.75) is 45.3 Å². The van der Waals surface area contributed by atoms with Crippen LogP contribution in [0.4, 0.5) is 0 Å². The van der Waals surface area contributed by atoms with Gasteiger partial charge in [0, 0.05) is 12.0 Å². The van der Waals surface area contributed by atoms with Gasteiger partial charge >= 0.3 is 5.97 Å². The van der Waals surface area contributed by atoms with Crippen molar-refractivity contribution in [1.29, 1.82) is 0 Å². The van der Waals surface area contributed by atoms with Gasteiger partial charge in [0.25, 0.3) is 0 Å². The van der Waals surface area contributed by atoms with E-state index in [-0.39, 0.29) is 17.9 Å². The molecule has 1 heterocycles. The normalized spacial score (nSPS) is 11.7. The lowest BCUT2D eigenvalue weighted by Crippen LogP contribution is -2.10. The molecule has 0 bridgehead atoms. The largest absolute Gasteiger partial charge is 0.481 e. The first-order valence-electron chi connectivity index (χ1n) is 6.16. The number of carbonyl (C=O) groups is 1. The van der Waals surface area contributed by atoms with Crippen molar-refractivity contribution >= 4 is 15.8 Å². The summed E-state index contributed by atoms with van der Waals surface area (Å²) in [7, 11) is -3.20. The maximum Gasteiger partial charge on any atom is 0.303 e. The van der Waals surface area contributed by atoms with Crippen LogP contribution >= 0.6 is 0 Å². The molecule has 0 saturated heterocycles. The van der Waals surface area contributed by atoms with E-state index in [0.717, 1.165) is 0 Å². The molecular weight excluding hydrogens is 270 g/mol. The average molecular weight is 289 g/mol. The van der Waals surface area contributed by atoms with Crippen LogP contribution in [0.5, 0.6) is 0 Å². The molecule has 0 aliphatic heterocycles. The Balaban J connectivity index is 2.43. The van der Waals surface area contributed by atoms with Crippen molar-refractivity contribution in [3.8, 4) is 0 Å². The number of carboxylic acid groups (broad SMARTS) is 1. The van der Waals surface area contributed by atoms with Gasteiger partial charge in [-0.05, 0) is 26.7 Å². The molecule has 0 aliphatic carbocycles. The third kappa shape index (κ3) is 5.42. The summed E-state index contributed by atoms with van der Waals surface area (Å²) in [6.45, 7) is 3.41. The van der Waals surface area contributed by atoms with Gasteiger partial charge in [0.05, 0.1) is 17.2 Å². The summed E-state index contributed by atoms with van der Waals surface area (Å²) in [5.74, 6) is -0.311. The highest BCUT2D eigenvalue weighted by atomic mass is 32.2. The number of hydrogen-bond acceptors (Lipinski definition) is 5. The Morgan fingerprint density at radius 1 is 1.26 bits per heavy atom. The van der Waals surface area contributed by atoms with Gasteiger partial charge in [0.15, 0.2) is 9.84 Å². The fraction of sp³-hybridized carbons (Fsp3) is 0.667. The minimum atomic E-state index is -3.20. The second-order valence-corrected chi connectivity index (χ2v) is 6.78. The molecule has 0 fully saturated rings. The second kappa shape index (κ2) is 6.70. The fourth-order valence-corrected chi connectivity index (χ4v) is 3.42. The van der Waals surface area contributed by atoms with Crippen LogP contribution in [0.2, 0.25) is 0 Å². The average Bonchev–Trinajstić information content (AvgIpc) is 2.59. The van der Waals surface area contributed by atoms with Crippen LogP contribution in [0, 0.1) is 13.8 Å². The predicted molar refractivity (Wildman–Crippen MR) is 69.6 cm³/mol. The molecule has 0 aromatic carbocycles. The molecule has 7 heteroatoms. The Kier molecular flexibility index (Phi) is 5.53. The van der Waals surface area contributed by atoms with Crippen LogP contribution in [0.3, 0.4) is 0 Å². The van der Waals surface area contributed by atoms with E-state index in [1.165, 1.54) is 0 Å². The number of aromatic nitrogens is 1. The van der Waals surface area contributed by atoms with E-state index in [0.29, 0.717) is 36.3 Å². The van der Waals surface area contributed by atoms with E-state index in [9.17, 15) is 13.2 Å². The van der Waals surface area contributed by atoms with Crippen LogP contribution in [0.1, 0.15) is 42.7 Å². The summed E-state index contributed by atoms with van der Waals surface area (Å²) in [6.07, 6.45) is 1.69. The van der Waals surface area contributed by atoms with E-state index in [1.54, 1.807) is 13.8 Å². The van der Waals surface area contributed by atoms with Crippen LogP contribution in [-0.2, 0) is 20.4 Å². The molecule has 1 aromatic rings. The molecular formula is C12H19NO5S. The summed E-state index contributed by atoms with van der Waals surface area (Å²) in [4.78, 5) is 10.3. The number of carboxylic acids is 1. The number of sulfone groups is 1. The van der Waals surface area contributed by atoms with Crippen LogP contribution in [0.15, 0.2) is 4.52 Å². The quantitative estimate of drug-likeness (QED) is 0.733. The Bertz CT molecular complexity index is 513. The molecule has 1 rings (SSSR count). The zero-order valence-corrected chi connectivity index (χ0v) is 12.0. The molecule has 0 amide bonds. The van der Waals surface area contributed by atoms with Gasteiger partial charge in [-0.2, -0.15) is 0 Å². The molecule has 0 aliphatic rings. The minimum Gasteiger partial charge on any atom is -0.481 e. The summed E-state index contributed by atoms with van der Waals surface area (Å²) in [6, 6.07) is 0. The van der Waals surface area contributed by atoms with Crippen molar-refractivity contribution in [1.82, 2.24) is 5.16 Å². The van der Waals surface area contributed by atoms with Crippen molar-refractivity contribution in [3.05, 3.63) is 17.0 Å². The number of rotatable bonds is 8. The SMILES string of the molecule is Cc1noc(C)c1CS(=O)(=O)CCCCCC(=O)O. The smallest absolute Gasteiger partial charge is 0.303 e. The number of aliphatic carboxylic acids is 1. The lowest BCUT2D eigenvalue weighted by molar-refractivity contribution is -0.137. The van der Waals surface area contributed by atoms with E-state index >= 15 is 0 Å². The molecule has 19 heavy (non-hydrogen) atoms. The number of aryl methyl sites for hydroxylation is 2. The Morgan fingerprint density at radius 3 is 2.47 bits per heavy atom. The highest BCUT2D eigenvalue weighted by Gasteiger charge is 2.18. The molecule has 1 N–H and O–H groups in total. The lowest BCUT2D eigenvalue weighted by Gasteiger charge is -2.03. The maximum atomic E-state index is 11.9. The minimum absolute atomic E-state index is 0.0624. The zero-order valence-electron chi connectivity index (χ0n) is 11.2. The van der Waals surface area contributed by atoms with Crippen LogP contribution in [-0.4, -0.2) is 30.4 Å². The Hall–Kier alpha value is -1.37. The van der Waals surface area contributed by atoms with Crippen LogP contribution < -0.4 is 0 Å². The summed E-state index contributed by atoms with van der Waals surface area (Å²) < 4.78 is 28.8. The Labute approximate surface area is 112 Å². The van der Waals surface area contributed by atoms with Crippen molar-refractivity contribution in [2.24, 2.45) is 0 Å². The van der Waals surface area contributed by atoms with Crippen molar-refractivity contribution in [2.75, 3.05) is 5.75 Å². The first-order chi connectivity index (χ1) is 8.82. The molecule has 0 saturated carbocycles. The van der Waals surface area contributed by atoms with Gasteiger partial charge < -0.3 is 9.63 Å². The van der Waals surface area contributed by atoms with E-state index in [1.807, 2.05) is 0 Å². The standard InChI is InChI=1S/C12H19NO5S/c1-9-11(10(2)18-13-9)8-19(16,17)7-5-3-4-6-12(14)15/h3-8H2,1-2H3,(H,14,15). The van der Waals surface area contributed by atoms with E-state index in [2.05, 4.69) is 5.16 Å². The third-order valence-corrected chi connectivity index (χ3v) is 4.53. The van der Waals surface area contributed by atoms with E-state index < -0.39 is 15.8 Å². The van der Waals surface area contributed by atoms with Crippen molar-refractivity contribution in [3.63, 3.8) is 0 Å². The summed E-state index contributed by atoms with van der Waals surface area (Å²) in [5, 5.41) is 12.2. The fourth-order valence-electron chi connectivity index (χ4n) is 1.78. The highest BCUT2D eigenvalue weighted by molar-refractivity contribution is 7.90. The summed E-state index contributed by atoms with van der Waals surface area (Å²) >= 11 is 0. The molecule has 1 aromatic heterocycles. The highest BCUT2D eigenvalue weighted by Crippen LogP contribution is 2.17. The number of hydrogen-bond donors (Lipinski definition) is 1. The van der Waals surface area contributed by atoms with Gasteiger partial charge in [-0.25, -0.2) is 8.42 Å². The monoisotopic (exact) mass is 289 g/mol. The van der Waals surface area contributed by atoms with E-state index in [4.69, 9.17) is 9.63 Å². The second-order valence-electron chi connectivity index (χ2n) is 4.60. The first-order valence-corrected chi connectivity index (χ1v) is 7.98. The van der Waals surface area contributed by atoms with Crippen molar-refractivity contribution < 1.29 is 22.8 Å². The van der Waals surface area contributed by atoms with Gasteiger partial charge in [0.2, 0.25) is 0 Å². The van der Waals surface area contributed by atoms with Gasteiger partial charge in [-0.15, -0.1) is 0 Å².